The number of aryl methyl sites for hydroxylation is 1. The molecule has 0 N–H and O–H groups in total. The minimum Gasteiger partial charge on any atom is -0.493 e. The van der Waals surface area contributed by atoms with E-state index >= 15 is 0 Å². The number of hydrogen-bond donors (Lipinski definition) is 0. The van der Waals surface area contributed by atoms with Gasteiger partial charge in [0.2, 0.25) is 0 Å². The third kappa shape index (κ3) is 2.55. The summed E-state index contributed by atoms with van der Waals surface area (Å²) in [5.74, 6) is 1.57. The SMILES string of the molecule is CCCOc1cc2cc(CC)ncc2cc1OC. The molecule has 0 radical (unpaired) electrons. The lowest BCUT2D eigenvalue weighted by Gasteiger charge is -2.11. The molecule has 0 unspecified atom stereocenters. The summed E-state index contributed by atoms with van der Waals surface area (Å²) in [7, 11) is 1.66. The number of ether oxygens (including phenoxy) is 2. The van der Waals surface area contributed by atoms with Gasteiger partial charge in [-0.3, -0.25) is 4.98 Å². The highest BCUT2D eigenvalue weighted by molar-refractivity contribution is 5.85. The van der Waals surface area contributed by atoms with Crippen molar-refractivity contribution < 1.29 is 9.47 Å². The van der Waals surface area contributed by atoms with E-state index in [1.54, 1.807) is 7.11 Å². The highest BCUT2D eigenvalue weighted by atomic mass is 16.5. The molecule has 3 heteroatoms. The van der Waals surface area contributed by atoms with E-state index in [1.165, 1.54) is 0 Å². The molecular formula is C15H19NO2. The van der Waals surface area contributed by atoms with Crippen LogP contribution in [0, 0.1) is 0 Å². The van der Waals surface area contributed by atoms with Crippen LogP contribution in [0.1, 0.15) is 26.0 Å². The van der Waals surface area contributed by atoms with E-state index in [0.29, 0.717) is 6.61 Å². The Kier molecular flexibility index (Phi) is 4.03. The fourth-order valence-electron chi connectivity index (χ4n) is 1.88. The first-order chi connectivity index (χ1) is 8.78. The van der Waals surface area contributed by atoms with E-state index in [4.69, 9.17) is 9.47 Å². The van der Waals surface area contributed by atoms with Crippen molar-refractivity contribution >= 4 is 10.8 Å². The van der Waals surface area contributed by atoms with Gasteiger partial charge in [-0.2, -0.15) is 0 Å². The summed E-state index contributed by atoms with van der Waals surface area (Å²) in [6.07, 6.45) is 3.81. The monoisotopic (exact) mass is 245 g/mol. The molecule has 1 aromatic heterocycles. The lowest BCUT2D eigenvalue weighted by Crippen LogP contribution is -1.98. The largest absolute Gasteiger partial charge is 0.493 e. The zero-order chi connectivity index (χ0) is 13.0. The molecule has 0 aliphatic heterocycles. The molecule has 2 aromatic rings. The van der Waals surface area contributed by atoms with Crippen molar-refractivity contribution in [3.8, 4) is 11.5 Å². The highest BCUT2D eigenvalue weighted by Gasteiger charge is 2.07. The van der Waals surface area contributed by atoms with Crippen molar-refractivity contribution in [2.75, 3.05) is 13.7 Å². The molecule has 3 nitrogen and oxygen atoms in total. The van der Waals surface area contributed by atoms with E-state index in [1.807, 2.05) is 18.3 Å². The molecule has 1 heterocycles. The number of methoxy groups -OCH3 is 1. The second-order valence-electron chi connectivity index (χ2n) is 4.23. The lowest BCUT2D eigenvalue weighted by atomic mass is 10.1. The molecule has 1 aromatic carbocycles. The third-order valence-corrected chi connectivity index (χ3v) is 2.88. The first-order valence-electron chi connectivity index (χ1n) is 6.38. The summed E-state index contributed by atoms with van der Waals surface area (Å²) in [6, 6.07) is 6.12. The third-order valence-electron chi connectivity index (χ3n) is 2.88. The van der Waals surface area contributed by atoms with Crippen LogP contribution in [-0.2, 0) is 6.42 Å². The normalized spacial score (nSPS) is 10.6. The van der Waals surface area contributed by atoms with E-state index in [9.17, 15) is 0 Å². The van der Waals surface area contributed by atoms with Gasteiger partial charge in [0.1, 0.15) is 0 Å². The van der Waals surface area contributed by atoms with Crippen LogP contribution in [0.25, 0.3) is 10.8 Å². The Morgan fingerprint density at radius 2 is 1.83 bits per heavy atom. The zero-order valence-corrected chi connectivity index (χ0v) is 11.2. The molecule has 0 saturated carbocycles. The van der Waals surface area contributed by atoms with Gasteiger partial charge in [-0.15, -0.1) is 0 Å². The minimum absolute atomic E-state index is 0.702. The van der Waals surface area contributed by atoms with E-state index < -0.39 is 0 Å². The maximum atomic E-state index is 5.71. The molecule has 18 heavy (non-hydrogen) atoms. The molecule has 96 valence electrons. The smallest absolute Gasteiger partial charge is 0.161 e. The van der Waals surface area contributed by atoms with Crippen LogP contribution in [0.3, 0.4) is 0 Å². The van der Waals surface area contributed by atoms with Crippen LogP contribution in [-0.4, -0.2) is 18.7 Å². The van der Waals surface area contributed by atoms with Gasteiger partial charge < -0.3 is 9.47 Å². The number of hydrogen-bond acceptors (Lipinski definition) is 3. The van der Waals surface area contributed by atoms with Gasteiger partial charge in [-0.25, -0.2) is 0 Å². The maximum Gasteiger partial charge on any atom is 0.161 e. The number of pyridine rings is 1. The van der Waals surface area contributed by atoms with Crippen molar-refractivity contribution in [2.45, 2.75) is 26.7 Å². The Morgan fingerprint density at radius 1 is 1.06 bits per heavy atom. The average Bonchev–Trinajstić information content (AvgIpc) is 2.43. The van der Waals surface area contributed by atoms with Crippen molar-refractivity contribution in [3.05, 3.63) is 30.1 Å². The predicted molar refractivity (Wildman–Crippen MR) is 73.5 cm³/mol. The average molecular weight is 245 g/mol. The van der Waals surface area contributed by atoms with Crippen LogP contribution in [0.15, 0.2) is 24.4 Å². The first kappa shape index (κ1) is 12.7. The van der Waals surface area contributed by atoms with Gasteiger partial charge >= 0.3 is 0 Å². The number of rotatable bonds is 5. The molecular weight excluding hydrogens is 226 g/mol. The van der Waals surface area contributed by atoms with Crippen molar-refractivity contribution in [3.63, 3.8) is 0 Å². The fourth-order valence-corrected chi connectivity index (χ4v) is 1.88. The molecule has 0 amide bonds. The second kappa shape index (κ2) is 5.71. The summed E-state index contributed by atoms with van der Waals surface area (Å²) in [5.41, 5.74) is 1.09. The molecule has 0 fully saturated rings. The summed E-state index contributed by atoms with van der Waals surface area (Å²) in [5, 5.41) is 2.22. The molecule has 0 saturated heterocycles. The van der Waals surface area contributed by atoms with Crippen molar-refractivity contribution in [2.24, 2.45) is 0 Å². The second-order valence-corrected chi connectivity index (χ2v) is 4.23. The Bertz CT molecular complexity index is 537. The van der Waals surface area contributed by atoms with E-state index in [0.717, 1.165) is 40.8 Å². The van der Waals surface area contributed by atoms with Crippen LogP contribution >= 0.6 is 0 Å². The number of nitrogens with zero attached hydrogens (tertiary/aromatic N) is 1. The summed E-state index contributed by atoms with van der Waals surface area (Å²) in [4.78, 5) is 4.40. The zero-order valence-electron chi connectivity index (χ0n) is 11.2. The van der Waals surface area contributed by atoms with E-state index in [-0.39, 0.29) is 0 Å². The number of fused-ring (bicyclic) bond motifs is 1. The minimum atomic E-state index is 0.702. The van der Waals surface area contributed by atoms with Gasteiger partial charge in [0.15, 0.2) is 11.5 Å². The Labute approximate surface area is 108 Å². The summed E-state index contributed by atoms with van der Waals surface area (Å²) < 4.78 is 11.1. The maximum absolute atomic E-state index is 5.71. The van der Waals surface area contributed by atoms with Gasteiger partial charge in [0, 0.05) is 17.3 Å². The topological polar surface area (TPSA) is 31.4 Å². The molecule has 0 aliphatic rings. The van der Waals surface area contributed by atoms with Gasteiger partial charge in [0.05, 0.1) is 13.7 Å². The number of aromatic nitrogens is 1. The van der Waals surface area contributed by atoms with E-state index in [2.05, 4.69) is 24.9 Å². The van der Waals surface area contributed by atoms with Crippen molar-refractivity contribution in [1.29, 1.82) is 0 Å². The highest BCUT2D eigenvalue weighted by Crippen LogP contribution is 2.32. The standard InChI is InChI=1S/C15H19NO2/c1-4-6-18-15-8-11-7-13(5-2)16-10-12(11)9-14(15)17-3/h7-10H,4-6H2,1-3H3. The Balaban J connectivity index is 2.47. The molecule has 0 spiro atoms. The van der Waals surface area contributed by atoms with Crippen LogP contribution in [0.5, 0.6) is 11.5 Å². The van der Waals surface area contributed by atoms with Gasteiger partial charge in [-0.1, -0.05) is 13.8 Å². The molecule has 2 rings (SSSR count). The predicted octanol–water partition coefficient (Wildman–Crippen LogP) is 3.59. The quantitative estimate of drug-likeness (QED) is 0.806. The van der Waals surface area contributed by atoms with Crippen molar-refractivity contribution in [1.82, 2.24) is 4.98 Å². The van der Waals surface area contributed by atoms with Crippen LogP contribution < -0.4 is 9.47 Å². The summed E-state index contributed by atoms with van der Waals surface area (Å²) in [6.45, 7) is 4.90. The Hall–Kier alpha value is -1.77. The number of benzene rings is 1. The Morgan fingerprint density at radius 3 is 2.50 bits per heavy atom. The fraction of sp³-hybridized carbons (Fsp3) is 0.400. The van der Waals surface area contributed by atoms with Gasteiger partial charge in [-0.05, 0) is 36.4 Å². The first-order valence-corrected chi connectivity index (χ1v) is 6.38. The molecule has 0 atom stereocenters. The molecule has 0 bridgehead atoms. The summed E-state index contributed by atoms with van der Waals surface area (Å²) >= 11 is 0. The van der Waals surface area contributed by atoms with Crippen LogP contribution in [0.4, 0.5) is 0 Å². The lowest BCUT2D eigenvalue weighted by molar-refractivity contribution is 0.295. The van der Waals surface area contributed by atoms with Gasteiger partial charge in [0.25, 0.3) is 0 Å². The molecule has 0 aliphatic carbocycles. The van der Waals surface area contributed by atoms with Crippen LogP contribution in [0.2, 0.25) is 0 Å².